The van der Waals surface area contributed by atoms with Crippen molar-refractivity contribution >= 4 is 11.8 Å². The Balaban J connectivity index is 2.56. The molecule has 0 saturated carbocycles. The van der Waals surface area contributed by atoms with E-state index in [-0.39, 0.29) is 5.95 Å². The van der Waals surface area contributed by atoms with E-state index in [1.54, 1.807) is 0 Å². The summed E-state index contributed by atoms with van der Waals surface area (Å²) < 4.78 is 0. The van der Waals surface area contributed by atoms with Gasteiger partial charge in [-0.1, -0.05) is 19.8 Å². The second-order valence-corrected chi connectivity index (χ2v) is 2.96. The summed E-state index contributed by atoms with van der Waals surface area (Å²) in [6.45, 7) is 2.15. The molecule has 1 aromatic heterocycles. The van der Waals surface area contributed by atoms with Crippen molar-refractivity contribution in [2.75, 3.05) is 11.5 Å². The van der Waals surface area contributed by atoms with E-state index in [4.69, 9.17) is 11.5 Å². The first kappa shape index (κ1) is 9.70. The van der Waals surface area contributed by atoms with Crippen LogP contribution in [0.4, 0.5) is 11.8 Å². The van der Waals surface area contributed by atoms with E-state index in [0.29, 0.717) is 5.82 Å². The van der Waals surface area contributed by atoms with Gasteiger partial charge in [-0.25, -0.2) is 0 Å². The maximum absolute atomic E-state index is 5.61. The van der Waals surface area contributed by atoms with Crippen molar-refractivity contribution in [3.05, 3.63) is 5.69 Å². The highest BCUT2D eigenvalue weighted by Crippen LogP contribution is 2.09. The molecule has 0 aliphatic heterocycles. The first-order valence-electron chi connectivity index (χ1n) is 4.48. The monoisotopic (exact) mass is 181 g/mol. The third-order valence-electron chi connectivity index (χ3n) is 1.82. The van der Waals surface area contributed by atoms with Gasteiger partial charge in [0.05, 0.1) is 0 Å². The quantitative estimate of drug-likeness (QED) is 0.669. The summed E-state index contributed by atoms with van der Waals surface area (Å²) in [5.74, 6) is 0.542. The third kappa shape index (κ3) is 2.85. The van der Waals surface area contributed by atoms with E-state index in [9.17, 15) is 0 Å². The lowest BCUT2D eigenvalue weighted by Gasteiger charge is -2.01. The molecular weight excluding hydrogens is 166 g/mol. The summed E-state index contributed by atoms with van der Waals surface area (Å²) in [5, 5.41) is 7.54. The van der Waals surface area contributed by atoms with Crippen molar-refractivity contribution in [1.29, 1.82) is 0 Å². The fraction of sp³-hybridized carbons (Fsp3) is 0.625. The SMILES string of the molecule is CCCCCc1nnc(N)nc1N. The van der Waals surface area contributed by atoms with Gasteiger partial charge in [0.15, 0.2) is 5.82 Å². The van der Waals surface area contributed by atoms with E-state index in [0.717, 1.165) is 18.5 Å². The number of aryl methyl sites for hydroxylation is 1. The van der Waals surface area contributed by atoms with Gasteiger partial charge in [0, 0.05) is 0 Å². The van der Waals surface area contributed by atoms with Crippen LogP contribution in [0.2, 0.25) is 0 Å². The Morgan fingerprint density at radius 1 is 1.15 bits per heavy atom. The van der Waals surface area contributed by atoms with Crippen molar-refractivity contribution in [2.45, 2.75) is 32.6 Å². The van der Waals surface area contributed by atoms with Crippen LogP contribution in [-0.4, -0.2) is 15.2 Å². The first-order chi connectivity index (χ1) is 6.24. The summed E-state index contributed by atoms with van der Waals surface area (Å²) in [7, 11) is 0. The molecule has 0 amide bonds. The van der Waals surface area contributed by atoms with Gasteiger partial charge >= 0.3 is 0 Å². The van der Waals surface area contributed by atoms with E-state index in [1.165, 1.54) is 12.8 Å². The van der Waals surface area contributed by atoms with Crippen LogP contribution >= 0.6 is 0 Å². The molecule has 1 rings (SSSR count). The number of hydrogen-bond acceptors (Lipinski definition) is 5. The molecule has 1 aromatic rings. The summed E-state index contributed by atoms with van der Waals surface area (Å²) in [5.41, 5.74) is 11.7. The molecule has 0 fully saturated rings. The van der Waals surface area contributed by atoms with E-state index < -0.39 is 0 Å². The van der Waals surface area contributed by atoms with Crippen molar-refractivity contribution in [2.24, 2.45) is 0 Å². The molecule has 0 atom stereocenters. The minimum atomic E-state index is 0.136. The molecule has 5 nitrogen and oxygen atoms in total. The summed E-state index contributed by atoms with van der Waals surface area (Å²) in [6, 6.07) is 0. The Labute approximate surface area is 77.6 Å². The predicted octanol–water partition coefficient (Wildman–Crippen LogP) is 0.769. The highest BCUT2D eigenvalue weighted by molar-refractivity contribution is 5.36. The van der Waals surface area contributed by atoms with Gasteiger partial charge in [0.2, 0.25) is 5.95 Å². The Morgan fingerprint density at radius 3 is 2.54 bits per heavy atom. The highest BCUT2D eigenvalue weighted by Gasteiger charge is 2.03. The standard InChI is InChI=1S/C8H15N5/c1-2-3-4-5-6-7(9)11-8(10)13-12-6/h2-5H2,1H3,(H4,9,10,11,13). The van der Waals surface area contributed by atoms with Gasteiger partial charge in [0.25, 0.3) is 0 Å². The smallest absolute Gasteiger partial charge is 0.242 e. The molecule has 0 aromatic carbocycles. The molecular formula is C8H15N5. The molecule has 13 heavy (non-hydrogen) atoms. The van der Waals surface area contributed by atoms with Crippen LogP contribution < -0.4 is 11.5 Å². The van der Waals surface area contributed by atoms with Crippen molar-refractivity contribution < 1.29 is 0 Å². The van der Waals surface area contributed by atoms with Crippen LogP contribution in [-0.2, 0) is 6.42 Å². The minimum absolute atomic E-state index is 0.136. The number of nitrogens with two attached hydrogens (primary N) is 2. The molecule has 0 radical (unpaired) electrons. The number of rotatable bonds is 4. The summed E-state index contributed by atoms with van der Waals surface area (Å²) in [6.07, 6.45) is 4.25. The number of unbranched alkanes of at least 4 members (excludes halogenated alkanes) is 2. The number of hydrogen-bond donors (Lipinski definition) is 2. The lowest BCUT2D eigenvalue weighted by atomic mass is 10.1. The maximum Gasteiger partial charge on any atom is 0.242 e. The number of nitrogen functional groups attached to an aromatic ring is 2. The van der Waals surface area contributed by atoms with Gasteiger partial charge in [-0.05, 0) is 12.8 Å². The van der Waals surface area contributed by atoms with Crippen LogP contribution in [0, 0.1) is 0 Å². The lowest BCUT2D eigenvalue weighted by molar-refractivity contribution is 0.698. The van der Waals surface area contributed by atoms with Crippen LogP contribution in [0.15, 0.2) is 0 Å². The molecule has 0 saturated heterocycles. The zero-order chi connectivity index (χ0) is 9.68. The van der Waals surface area contributed by atoms with Gasteiger partial charge in [-0.15, -0.1) is 10.2 Å². The van der Waals surface area contributed by atoms with Crippen molar-refractivity contribution in [1.82, 2.24) is 15.2 Å². The average molecular weight is 181 g/mol. The van der Waals surface area contributed by atoms with Crippen LogP contribution in [0.1, 0.15) is 31.9 Å². The molecule has 0 bridgehead atoms. The van der Waals surface area contributed by atoms with E-state index in [1.807, 2.05) is 0 Å². The van der Waals surface area contributed by atoms with Crippen LogP contribution in [0.3, 0.4) is 0 Å². The average Bonchev–Trinajstić information content (AvgIpc) is 2.09. The Hall–Kier alpha value is -1.39. The number of nitrogens with zero attached hydrogens (tertiary/aromatic N) is 3. The molecule has 0 spiro atoms. The molecule has 0 unspecified atom stereocenters. The van der Waals surface area contributed by atoms with Crippen molar-refractivity contribution in [3.63, 3.8) is 0 Å². The molecule has 72 valence electrons. The first-order valence-corrected chi connectivity index (χ1v) is 4.48. The maximum atomic E-state index is 5.61. The molecule has 1 heterocycles. The fourth-order valence-electron chi connectivity index (χ4n) is 1.09. The van der Waals surface area contributed by atoms with Crippen LogP contribution in [0.25, 0.3) is 0 Å². The third-order valence-corrected chi connectivity index (χ3v) is 1.82. The predicted molar refractivity (Wildman–Crippen MR) is 51.9 cm³/mol. The fourth-order valence-corrected chi connectivity index (χ4v) is 1.09. The van der Waals surface area contributed by atoms with Gasteiger partial charge in [-0.2, -0.15) is 4.98 Å². The number of anilines is 2. The lowest BCUT2D eigenvalue weighted by Crippen LogP contribution is -2.06. The van der Waals surface area contributed by atoms with E-state index in [2.05, 4.69) is 22.1 Å². The molecule has 0 aliphatic rings. The zero-order valence-corrected chi connectivity index (χ0v) is 7.82. The largest absolute Gasteiger partial charge is 0.382 e. The number of aromatic nitrogens is 3. The molecule has 4 N–H and O–H groups in total. The second-order valence-electron chi connectivity index (χ2n) is 2.96. The minimum Gasteiger partial charge on any atom is -0.382 e. The Bertz CT molecular complexity index is 273. The van der Waals surface area contributed by atoms with Gasteiger partial charge < -0.3 is 11.5 Å². The summed E-state index contributed by atoms with van der Waals surface area (Å²) in [4.78, 5) is 3.83. The van der Waals surface area contributed by atoms with Crippen LogP contribution in [0.5, 0.6) is 0 Å². The summed E-state index contributed by atoms with van der Waals surface area (Å²) >= 11 is 0. The molecule has 5 heteroatoms. The highest BCUT2D eigenvalue weighted by atomic mass is 15.2. The zero-order valence-electron chi connectivity index (χ0n) is 7.82. The molecule has 0 aliphatic carbocycles. The van der Waals surface area contributed by atoms with Gasteiger partial charge in [0.1, 0.15) is 5.69 Å². The second kappa shape index (κ2) is 4.59. The normalized spacial score (nSPS) is 10.2. The Kier molecular flexibility index (Phi) is 3.42. The van der Waals surface area contributed by atoms with Gasteiger partial charge in [-0.3, -0.25) is 0 Å². The van der Waals surface area contributed by atoms with E-state index >= 15 is 0 Å². The topological polar surface area (TPSA) is 90.7 Å². The Morgan fingerprint density at radius 2 is 1.92 bits per heavy atom. The van der Waals surface area contributed by atoms with Crippen molar-refractivity contribution in [3.8, 4) is 0 Å².